The Morgan fingerprint density at radius 3 is 2.69 bits per heavy atom. The summed E-state index contributed by atoms with van der Waals surface area (Å²) in [5.74, 6) is -1.42. The lowest BCUT2D eigenvalue weighted by molar-refractivity contribution is -0.126. The zero-order valence-electron chi connectivity index (χ0n) is 14.4. The van der Waals surface area contributed by atoms with Gasteiger partial charge in [0.2, 0.25) is 11.8 Å². The van der Waals surface area contributed by atoms with Gasteiger partial charge in [-0.1, -0.05) is 30.3 Å². The topological polar surface area (TPSA) is 66.5 Å². The van der Waals surface area contributed by atoms with Crippen molar-refractivity contribution in [2.24, 2.45) is 5.92 Å². The maximum Gasteiger partial charge on any atom is 0.227 e. The highest BCUT2D eigenvalue weighted by Crippen LogP contribution is 2.26. The zero-order valence-corrected chi connectivity index (χ0v) is 14.4. The van der Waals surface area contributed by atoms with E-state index in [1.54, 1.807) is 42.5 Å². The quantitative estimate of drug-likeness (QED) is 0.840. The Morgan fingerprint density at radius 1 is 1.19 bits per heavy atom. The number of hydrogen-bond acceptors (Lipinski definition) is 3. The molecule has 0 aliphatic carbocycles. The third kappa shape index (κ3) is 3.79. The summed E-state index contributed by atoms with van der Waals surface area (Å²) < 4.78 is 13.6. The van der Waals surface area contributed by atoms with Gasteiger partial charge in [0.05, 0.1) is 5.92 Å². The van der Waals surface area contributed by atoms with Crippen LogP contribution in [-0.2, 0) is 16.1 Å². The maximum absolute atomic E-state index is 13.6. The number of carbonyl (C=O) groups is 3. The molecular formula is C20H19FN2O3. The summed E-state index contributed by atoms with van der Waals surface area (Å²) in [5, 5.41) is 2.69. The van der Waals surface area contributed by atoms with Crippen molar-refractivity contribution in [2.75, 3.05) is 11.4 Å². The van der Waals surface area contributed by atoms with Crippen LogP contribution in [0.4, 0.5) is 10.1 Å². The summed E-state index contributed by atoms with van der Waals surface area (Å²) in [5.41, 5.74) is 1.52. The van der Waals surface area contributed by atoms with E-state index in [9.17, 15) is 18.8 Å². The Balaban J connectivity index is 1.65. The SMILES string of the molecule is CC(=O)c1cccc(N2CC(C(=O)NCc3ccccc3F)CC2=O)c1. The van der Waals surface area contributed by atoms with Crippen LogP contribution in [0.3, 0.4) is 0 Å². The number of ketones is 1. The van der Waals surface area contributed by atoms with Crippen molar-refractivity contribution in [3.63, 3.8) is 0 Å². The molecule has 0 saturated carbocycles. The molecule has 0 aromatic heterocycles. The number of anilines is 1. The fraction of sp³-hybridized carbons (Fsp3) is 0.250. The zero-order chi connectivity index (χ0) is 18.7. The van der Waals surface area contributed by atoms with Gasteiger partial charge in [0.1, 0.15) is 5.82 Å². The molecule has 6 heteroatoms. The fourth-order valence-corrected chi connectivity index (χ4v) is 2.99. The largest absolute Gasteiger partial charge is 0.352 e. The van der Waals surface area contributed by atoms with Crippen LogP contribution in [-0.4, -0.2) is 24.1 Å². The molecule has 1 saturated heterocycles. The number of nitrogens with zero attached hydrogens (tertiary/aromatic N) is 1. The Labute approximate surface area is 150 Å². The number of nitrogens with one attached hydrogen (secondary N) is 1. The van der Waals surface area contributed by atoms with Crippen LogP contribution in [0.15, 0.2) is 48.5 Å². The molecule has 2 amide bonds. The first-order chi connectivity index (χ1) is 12.5. The molecule has 1 unspecified atom stereocenters. The molecule has 134 valence electrons. The molecule has 1 heterocycles. The van der Waals surface area contributed by atoms with E-state index in [4.69, 9.17) is 0 Å². The predicted molar refractivity (Wildman–Crippen MR) is 95.2 cm³/mol. The minimum atomic E-state index is -0.504. The first kappa shape index (κ1) is 17.8. The minimum absolute atomic E-state index is 0.0794. The van der Waals surface area contributed by atoms with Crippen molar-refractivity contribution in [1.29, 1.82) is 0 Å². The van der Waals surface area contributed by atoms with Crippen LogP contribution >= 0.6 is 0 Å². The van der Waals surface area contributed by atoms with Crippen LogP contribution in [0.5, 0.6) is 0 Å². The van der Waals surface area contributed by atoms with Gasteiger partial charge in [0.25, 0.3) is 0 Å². The van der Waals surface area contributed by atoms with Crippen LogP contribution in [0, 0.1) is 11.7 Å². The van der Waals surface area contributed by atoms with Gasteiger partial charge in [-0.05, 0) is 25.1 Å². The lowest BCUT2D eigenvalue weighted by atomic mass is 10.1. The van der Waals surface area contributed by atoms with Crippen LogP contribution < -0.4 is 10.2 Å². The summed E-state index contributed by atoms with van der Waals surface area (Å²) in [4.78, 5) is 37.7. The molecule has 1 aliphatic heterocycles. The average Bonchev–Trinajstić information content (AvgIpc) is 3.03. The number of hydrogen-bond donors (Lipinski definition) is 1. The predicted octanol–water partition coefficient (Wildman–Crippen LogP) is 2.70. The van der Waals surface area contributed by atoms with Gasteiger partial charge in [-0.15, -0.1) is 0 Å². The number of halogens is 1. The second-order valence-corrected chi connectivity index (χ2v) is 6.32. The number of amides is 2. The molecule has 1 atom stereocenters. The molecule has 2 aromatic rings. The van der Waals surface area contributed by atoms with Gasteiger partial charge in [0, 0.05) is 36.3 Å². The van der Waals surface area contributed by atoms with Crippen molar-refractivity contribution in [3.8, 4) is 0 Å². The van der Waals surface area contributed by atoms with Gasteiger partial charge in [-0.25, -0.2) is 4.39 Å². The van der Waals surface area contributed by atoms with E-state index >= 15 is 0 Å². The molecule has 3 rings (SSSR count). The van der Waals surface area contributed by atoms with Gasteiger partial charge >= 0.3 is 0 Å². The first-order valence-corrected chi connectivity index (χ1v) is 8.38. The van der Waals surface area contributed by atoms with E-state index in [1.165, 1.54) is 17.9 Å². The van der Waals surface area contributed by atoms with Crippen molar-refractivity contribution in [3.05, 3.63) is 65.5 Å². The second kappa shape index (κ2) is 7.47. The Kier molecular flexibility index (Phi) is 5.11. The summed E-state index contributed by atoms with van der Waals surface area (Å²) >= 11 is 0. The Bertz CT molecular complexity index is 866. The van der Waals surface area contributed by atoms with Crippen molar-refractivity contribution in [2.45, 2.75) is 19.9 Å². The van der Waals surface area contributed by atoms with Gasteiger partial charge in [0.15, 0.2) is 5.78 Å². The highest BCUT2D eigenvalue weighted by molar-refractivity contribution is 6.02. The number of carbonyl (C=O) groups excluding carboxylic acids is 3. The number of benzene rings is 2. The molecule has 1 N–H and O–H groups in total. The molecule has 0 bridgehead atoms. The van der Waals surface area contributed by atoms with Crippen LogP contribution in [0.2, 0.25) is 0 Å². The molecule has 5 nitrogen and oxygen atoms in total. The van der Waals surface area contributed by atoms with Crippen molar-refractivity contribution < 1.29 is 18.8 Å². The third-order valence-electron chi connectivity index (χ3n) is 4.47. The lowest BCUT2D eigenvalue weighted by Crippen LogP contribution is -2.32. The number of Topliss-reactive ketones (excluding diaryl/α,β-unsaturated/α-hetero) is 1. The van der Waals surface area contributed by atoms with E-state index in [2.05, 4.69) is 5.32 Å². The summed E-state index contributed by atoms with van der Waals surface area (Å²) in [6.07, 6.45) is 0.0907. The number of rotatable bonds is 5. The van der Waals surface area contributed by atoms with Gasteiger partial charge < -0.3 is 10.2 Å². The minimum Gasteiger partial charge on any atom is -0.352 e. The van der Waals surface area contributed by atoms with Crippen LogP contribution in [0.1, 0.15) is 29.3 Å². The first-order valence-electron chi connectivity index (χ1n) is 8.38. The molecule has 0 spiro atoms. The monoisotopic (exact) mass is 354 g/mol. The molecule has 0 radical (unpaired) electrons. The molecule has 1 aliphatic rings. The van der Waals surface area contributed by atoms with Gasteiger partial charge in [-0.3, -0.25) is 14.4 Å². The van der Waals surface area contributed by atoms with E-state index in [1.807, 2.05) is 0 Å². The van der Waals surface area contributed by atoms with Crippen molar-refractivity contribution in [1.82, 2.24) is 5.32 Å². The molecular weight excluding hydrogens is 335 g/mol. The lowest BCUT2D eigenvalue weighted by Gasteiger charge is -2.17. The maximum atomic E-state index is 13.6. The second-order valence-electron chi connectivity index (χ2n) is 6.32. The van der Waals surface area contributed by atoms with Gasteiger partial charge in [-0.2, -0.15) is 0 Å². The molecule has 26 heavy (non-hydrogen) atoms. The van der Waals surface area contributed by atoms with E-state index in [0.717, 1.165) is 0 Å². The molecule has 1 fully saturated rings. The Morgan fingerprint density at radius 2 is 1.96 bits per heavy atom. The van der Waals surface area contributed by atoms with E-state index in [-0.39, 0.29) is 42.9 Å². The highest BCUT2D eigenvalue weighted by Gasteiger charge is 2.35. The fourth-order valence-electron chi connectivity index (χ4n) is 2.99. The van der Waals surface area contributed by atoms with Crippen LogP contribution in [0.25, 0.3) is 0 Å². The van der Waals surface area contributed by atoms with E-state index in [0.29, 0.717) is 16.8 Å². The summed E-state index contributed by atoms with van der Waals surface area (Å²) in [6.45, 7) is 1.78. The third-order valence-corrected chi connectivity index (χ3v) is 4.47. The smallest absolute Gasteiger partial charge is 0.227 e. The highest BCUT2D eigenvalue weighted by atomic mass is 19.1. The standard InChI is InChI=1S/C20H19FN2O3/c1-13(24)14-6-4-7-17(9-14)23-12-16(10-19(23)25)20(26)22-11-15-5-2-3-8-18(15)21/h2-9,16H,10-12H2,1H3,(H,22,26). The molecule has 2 aromatic carbocycles. The van der Waals surface area contributed by atoms with Crippen molar-refractivity contribution >= 4 is 23.3 Å². The summed E-state index contributed by atoms with van der Waals surface area (Å²) in [6, 6.07) is 13.0. The Hall–Kier alpha value is -3.02. The normalized spacial score (nSPS) is 16.6. The van der Waals surface area contributed by atoms with E-state index < -0.39 is 5.92 Å². The summed E-state index contributed by atoms with van der Waals surface area (Å²) in [7, 11) is 0. The average molecular weight is 354 g/mol.